The SMILES string of the molecule is CC(c1oc(=O)c2ccccc2c1C1=CCN(C2CNC2)CC1)n1nc(-c2cc(O)cc(F)c2)c2c(N)ncnc21. The Morgan fingerprint density at radius 3 is 2.68 bits per heavy atom. The van der Waals surface area contributed by atoms with Crippen LogP contribution in [0.3, 0.4) is 0 Å². The number of fused-ring (bicyclic) bond motifs is 2. The molecule has 41 heavy (non-hydrogen) atoms. The van der Waals surface area contributed by atoms with Gasteiger partial charge in [-0.05, 0) is 42.5 Å². The van der Waals surface area contributed by atoms with E-state index in [0.717, 1.165) is 55.2 Å². The van der Waals surface area contributed by atoms with Crippen molar-refractivity contribution in [3.05, 3.63) is 82.4 Å². The first-order valence-electron chi connectivity index (χ1n) is 13.6. The summed E-state index contributed by atoms with van der Waals surface area (Å²) in [5.74, 6) is -0.253. The summed E-state index contributed by atoms with van der Waals surface area (Å²) in [7, 11) is 0. The maximum Gasteiger partial charge on any atom is 0.343 e. The van der Waals surface area contributed by atoms with Crippen LogP contribution in [0.2, 0.25) is 0 Å². The van der Waals surface area contributed by atoms with Crippen LogP contribution < -0.4 is 16.7 Å². The molecule has 5 heterocycles. The fourth-order valence-corrected chi connectivity index (χ4v) is 5.91. The van der Waals surface area contributed by atoms with Gasteiger partial charge in [0, 0.05) is 49.4 Å². The molecule has 0 radical (unpaired) electrons. The average Bonchev–Trinajstić information content (AvgIpc) is 3.33. The number of nitrogens with zero attached hydrogens (tertiary/aromatic N) is 5. The molecule has 7 rings (SSSR count). The number of nitrogens with one attached hydrogen (secondary N) is 1. The van der Waals surface area contributed by atoms with Gasteiger partial charge in [-0.15, -0.1) is 0 Å². The Hall–Kier alpha value is -4.61. The Balaban J connectivity index is 1.42. The number of nitrogen functional groups attached to an aromatic ring is 1. The zero-order chi connectivity index (χ0) is 28.2. The lowest BCUT2D eigenvalue weighted by Crippen LogP contribution is -2.57. The normalized spacial score (nSPS) is 17.1. The fourth-order valence-electron chi connectivity index (χ4n) is 5.91. The van der Waals surface area contributed by atoms with Gasteiger partial charge in [-0.1, -0.05) is 24.3 Å². The van der Waals surface area contributed by atoms with Crippen LogP contribution in [0.25, 0.3) is 38.6 Å². The van der Waals surface area contributed by atoms with Crippen molar-refractivity contribution < 1.29 is 13.9 Å². The summed E-state index contributed by atoms with van der Waals surface area (Å²) >= 11 is 0. The second kappa shape index (κ2) is 9.79. The fraction of sp³-hybridized carbons (Fsp3) is 0.267. The van der Waals surface area contributed by atoms with E-state index in [-0.39, 0.29) is 11.6 Å². The molecule has 11 heteroatoms. The van der Waals surface area contributed by atoms with Crippen molar-refractivity contribution in [3.8, 4) is 17.0 Å². The number of nitrogens with two attached hydrogens (primary N) is 1. The molecule has 4 N–H and O–H groups in total. The van der Waals surface area contributed by atoms with Crippen molar-refractivity contribution in [2.24, 2.45) is 0 Å². The van der Waals surface area contributed by atoms with E-state index >= 15 is 0 Å². The molecule has 0 aliphatic carbocycles. The molecule has 1 fully saturated rings. The first kappa shape index (κ1) is 25.4. The monoisotopic (exact) mass is 553 g/mol. The van der Waals surface area contributed by atoms with Crippen LogP contribution in [-0.2, 0) is 0 Å². The smallest absolute Gasteiger partial charge is 0.343 e. The van der Waals surface area contributed by atoms with E-state index in [1.54, 1.807) is 10.7 Å². The van der Waals surface area contributed by atoms with Crippen molar-refractivity contribution in [2.75, 3.05) is 31.9 Å². The largest absolute Gasteiger partial charge is 0.508 e. The minimum absolute atomic E-state index is 0.160. The van der Waals surface area contributed by atoms with Crippen LogP contribution >= 0.6 is 0 Å². The van der Waals surface area contributed by atoms with Crippen LogP contribution in [0.5, 0.6) is 5.75 Å². The van der Waals surface area contributed by atoms with Crippen molar-refractivity contribution in [1.82, 2.24) is 30.0 Å². The van der Waals surface area contributed by atoms with E-state index in [4.69, 9.17) is 15.2 Å². The molecule has 2 aliphatic heterocycles. The zero-order valence-electron chi connectivity index (χ0n) is 22.3. The predicted molar refractivity (Wildman–Crippen MR) is 154 cm³/mol. The Labute approximate surface area is 233 Å². The number of rotatable bonds is 5. The number of benzene rings is 2. The number of hydrogen-bond donors (Lipinski definition) is 3. The number of hydrogen-bond acceptors (Lipinski definition) is 9. The molecule has 208 valence electrons. The highest BCUT2D eigenvalue weighted by Crippen LogP contribution is 2.38. The molecule has 1 unspecified atom stereocenters. The second-order valence-corrected chi connectivity index (χ2v) is 10.6. The second-order valence-electron chi connectivity index (χ2n) is 10.6. The molecule has 1 saturated heterocycles. The highest BCUT2D eigenvalue weighted by molar-refractivity contribution is 5.99. The van der Waals surface area contributed by atoms with Gasteiger partial charge in [0.05, 0.1) is 10.8 Å². The Bertz CT molecular complexity index is 1890. The van der Waals surface area contributed by atoms with Crippen molar-refractivity contribution in [3.63, 3.8) is 0 Å². The number of phenols is 1. The van der Waals surface area contributed by atoms with Gasteiger partial charge in [0.15, 0.2) is 5.65 Å². The molecule has 5 aromatic rings. The number of aromatic hydroxyl groups is 1. The lowest BCUT2D eigenvalue weighted by atomic mass is 9.91. The first-order chi connectivity index (χ1) is 19.9. The topological polar surface area (TPSA) is 135 Å². The quantitative estimate of drug-likeness (QED) is 0.298. The maximum absolute atomic E-state index is 14.3. The molecule has 3 aromatic heterocycles. The molecule has 0 spiro atoms. The molecule has 2 aromatic carbocycles. The van der Waals surface area contributed by atoms with Crippen LogP contribution in [0.15, 0.2) is 64.1 Å². The molecular weight excluding hydrogens is 525 g/mol. The molecule has 0 saturated carbocycles. The van der Waals surface area contributed by atoms with Crippen molar-refractivity contribution in [1.29, 1.82) is 0 Å². The number of halogens is 1. The van der Waals surface area contributed by atoms with Gasteiger partial charge < -0.3 is 20.6 Å². The highest BCUT2D eigenvalue weighted by atomic mass is 19.1. The summed E-state index contributed by atoms with van der Waals surface area (Å²) in [6.45, 7) is 5.59. The third-order valence-corrected chi connectivity index (χ3v) is 8.12. The number of anilines is 1. The molecule has 0 bridgehead atoms. The summed E-state index contributed by atoms with van der Waals surface area (Å²) in [6, 6.07) is 11.1. The summed E-state index contributed by atoms with van der Waals surface area (Å²) in [5, 5.41) is 19.9. The van der Waals surface area contributed by atoms with E-state index in [9.17, 15) is 14.3 Å². The minimum atomic E-state index is -0.620. The Morgan fingerprint density at radius 1 is 1.17 bits per heavy atom. The summed E-state index contributed by atoms with van der Waals surface area (Å²) in [6.07, 6.45) is 4.36. The van der Waals surface area contributed by atoms with Crippen molar-refractivity contribution >= 4 is 33.2 Å². The van der Waals surface area contributed by atoms with E-state index in [1.807, 2.05) is 25.1 Å². The molecule has 1 atom stereocenters. The third-order valence-electron chi connectivity index (χ3n) is 8.12. The van der Waals surface area contributed by atoms with Gasteiger partial charge in [0.25, 0.3) is 0 Å². The predicted octanol–water partition coefficient (Wildman–Crippen LogP) is 3.70. The van der Waals surface area contributed by atoms with E-state index < -0.39 is 17.5 Å². The number of aromatic nitrogens is 4. The van der Waals surface area contributed by atoms with Gasteiger partial charge in [-0.2, -0.15) is 5.10 Å². The van der Waals surface area contributed by atoms with Gasteiger partial charge >= 0.3 is 5.63 Å². The minimum Gasteiger partial charge on any atom is -0.508 e. The Morgan fingerprint density at radius 2 is 1.98 bits per heavy atom. The standard InChI is InChI=1S/C30H28FN7O3/c1-16(38-29-25(28(32)34-15-35-29)26(36-38)18-10-19(31)12-21(39)11-18)27-24(22-4-2-3-5-23(22)30(40)41-27)17-6-8-37(9-7-17)20-13-33-14-20/h2-6,10-12,15-16,20,33,39H,7-9,13-14H2,1H3,(H2,32,34,35). The maximum atomic E-state index is 14.3. The van der Waals surface area contributed by atoms with Crippen molar-refractivity contribution in [2.45, 2.75) is 25.4 Å². The Kier molecular flexibility index (Phi) is 6.06. The first-order valence-corrected chi connectivity index (χ1v) is 13.6. The summed E-state index contributed by atoms with van der Waals surface area (Å²) in [4.78, 5) is 24.3. The van der Waals surface area contributed by atoms with Gasteiger partial charge in [0.1, 0.15) is 41.2 Å². The van der Waals surface area contributed by atoms with E-state index in [1.165, 1.54) is 18.5 Å². The summed E-state index contributed by atoms with van der Waals surface area (Å²) < 4.78 is 22.0. The lowest BCUT2D eigenvalue weighted by Gasteiger charge is -2.40. The third kappa shape index (κ3) is 4.25. The summed E-state index contributed by atoms with van der Waals surface area (Å²) in [5.41, 5.74) is 8.83. The van der Waals surface area contributed by atoms with Crippen LogP contribution in [0.1, 0.15) is 30.7 Å². The van der Waals surface area contributed by atoms with Gasteiger partial charge in [-0.3, -0.25) is 4.90 Å². The molecule has 0 amide bonds. The number of phenolic OH excluding ortho intramolecular Hbond substituents is 1. The molecule has 10 nitrogen and oxygen atoms in total. The van der Waals surface area contributed by atoms with Gasteiger partial charge in [-0.25, -0.2) is 23.8 Å². The van der Waals surface area contributed by atoms with E-state index in [0.29, 0.717) is 39.5 Å². The molecule has 2 aliphatic rings. The molecular formula is C30H28FN7O3. The highest BCUT2D eigenvalue weighted by Gasteiger charge is 2.30. The van der Waals surface area contributed by atoms with Crippen LogP contribution in [0.4, 0.5) is 10.2 Å². The average molecular weight is 554 g/mol. The van der Waals surface area contributed by atoms with Crippen LogP contribution in [0, 0.1) is 5.82 Å². The lowest BCUT2D eigenvalue weighted by molar-refractivity contribution is 0.160. The van der Waals surface area contributed by atoms with Crippen LogP contribution in [-0.4, -0.2) is 62.0 Å². The van der Waals surface area contributed by atoms with E-state index in [2.05, 4.69) is 26.3 Å². The van der Waals surface area contributed by atoms with Gasteiger partial charge in [0.2, 0.25) is 0 Å². The zero-order valence-corrected chi connectivity index (χ0v) is 22.3.